The number of ether oxygens (including phenoxy) is 2. The SMILES string of the molecule is COc1ccc2nc(CN3CCN(C(=O)c4cc(Cl)ccc4OC)CC3)[nH]c2c1. The van der Waals surface area contributed by atoms with Gasteiger partial charge in [-0.3, -0.25) is 9.69 Å². The van der Waals surface area contributed by atoms with Gasteiger partial charge in [-0.15, -0.1) is 0 Å². The molecule has 7 nitrogen and oxygen atoms in total. The standard InChI is InChI=1S/C21H23ClN4O3/c1-28-15-4-5-17-18(12-15)24-20(23-17)13-25-7-9-26(10-8-25)21(27)16-11-14(22)3-6-19(16)29-2/h3-6,11-12H,7-10,13H2,1-2H3,(H,23,24). The normalized spacial score (nSPS) is 14.9. The van der Waals surface area contributed by atoms with Crippen LogP contribution in [-0.2, 0) is 6.54 Å². The first-order chi connectivity index (χ1) is 14.1. The molecule has 8 heteroatoms. The predicted molar refractivity (Wildman–Crippen MR) is 112 cm³/mol. The second-order valence-electron chi connectivity index (χ2n) is 6.98. The monoisotopic (exact) mass is 414 g/mol. The molecule has 152 valence electrons. The Morgan fingerprint density at radius 1 is 1.10 bits per heavy atom. The maximum absolute atomic E-state index is 12.9. The number of hydrogen-bond acceptors (Lipinski definition) is 5. The zero-order valence-corrected chi connectivity index (χ0v) is 17.2. The molecule has 29 heavy (non-hydrogen) atoms. The quantitative estimate of drug-likeness (QED) is 0.694. The van der Waals surface area contributed by atoms with Crippen LogP contribution in [0.15, 0.2) is 36.4 Å². The maximum atomic E-state index is 12.9. The summed E-state index contributed by atoms with van der Waals surface area (Å²) in [5.41, 5.74) is 2.38. The number of piperazine rings is 1. The third-order valence-electron chi connectivity index (χ3n) is 5.16. The molecular weight excluding hydrogens is 392 g/mol. The summed E-state index contributed by atoms with van der Waals surface area (Å²) in [5.74, 6) is 2.19. The molecule has 3 aromatic rings. The van der Waals surface area contributed by atoms with E-state index >= 15 is 0 Å². The van der Waals surface area contributed by atoms with Crippen molar-refractivity contribution in [3.63, 3.8) is 0 Å². The van der Waals surface area contributed by atoms with E-state index in [0.717, 1.165) is 35.7 Å². The molecule has 0 atom stereocenters. The topological polar surface area (TPSA) is 70.7 Å². The zero-order chi connectivity index (χ0) is 20.4. The number of aromatic amines is 1. The third-order valence-corrected chi connectivity index (χ3v) is 5.40. The molecule has 0 aliphatic carbocycles. The number of benzene rings is 2. The summed E-state index contributed by atoms with van der Waals surface area (Å²) in [5, 5.41) is 0.523. The molecule has 1 aliphatic rings. The van der Waals surface area contributed by atoms with Crippen molar-refractivity contribution in [3.05, 3.63) is 52.8 Å². The molecule has 1 N–H and O–H groups in total. The Labute approximate surface area is 174 Å². The molecule has 1 amide bonds. The van der Waals surface area contributed by atoms with Gasteiger partial charge >= 0.3 is 0 Å². The molecule has 0 spiro atoms. The number of amides is 1. The smallest absolute Gasteiger partial charge is 0.257 e. The van der Waals surface area contributed by atoms with Crippen LogP contribution in [-0.4, -0.2) is 66.1 Å². The fraction of sp³-hybridized carbons (Fsp3) is 0.333. The molecule has 0 saturated carbocycles. The van der Waals surface area contributed by atoms with Gasteiger partial charge in [-0.25, -0.2) is 4.98 Å². The lowest BCUT2D eigenvalue weighted by Gasteiger charge is -2.34. The molecule has 2 heterocycles. The number of nitrogens with zero attached hydrogens (tertiary/aromatic N) is 3. The van der Waals surface area contributed by atoms with E-state index in [-0.39, 0.29) is 5.91 Å². The van der Waals surface area contributed by atoms with Crippen molar-refractivity contribution in [2.24, 2.45) is 0 Å². The number of hydrogen-bond donors (Lipinski definition) is 1. The summed E-state index contributed by atoms with van der Waals surface area (Å²) >= 11 is 6.07. The number of fused-ring (bicyclic) bond motifs is 1. The number of aromatic nitrogens is 2. The van der Waals surface area contributed by atoms with Crippen LogP contribution in [0.2, 0.25) is 5.02 Å². The van der Waals surface area contributed by atoms with Crippen LogP contribution in [0.1, 0.15) is 16.2 Å². The van der Waals surface area contributed by atoms with E-state index in [4.69, 9.17) is 21.1 Å². The molecule has 0 bridgehead atoms. The van der Waals surface area contributed by atoms with Crippen LogP contribution in [0.3, 0.4) is 0 Å². The van der Waals surface area contributed by atoms with Gasteiger partial charge in [0.2, 0.25) is 0 Å². The Hall–Kier alpha value is -2.77. The summed E-state index contributed by atoms with van der Waals surface area (Å²) in [6, 6.07) is 10.9. The van der Waals surface area contributed by atoms with Gasteiger partial charge in [-0.05, 0) is 30.3 Å². The molecule has 1 aliphatic heterocycles. The van der Waals surface area contributed by atoms with Crippen molar-refractivity contribution < 1.29 is 14.3 Å². The van der Waals surface area contributed by atoms with E-state index in [2.05, 4.69) is 14.9 Å². The number of carbonyl (C=O) groups excluding carboxylic acids is 1. The number of methoxy groups -OCH3 is 2. The van der Waals surface area contributed by atoms with Crippen molar-refractivity contribution in [1.82, 2.24) is 19.8 Å². The van der Waals surface area contributed by atoms with Gasteiger partial charge in [-0.1, -0.05) is 11.6 Å². The average Bonchev–Trinajstić information content (AvgIpc) is 3.15. The number of halogens is 1. The minimum atomic E-state index is -0.0557. The lowest BCUT2D eigenvalue weighted by Crippen LogP contribution is -2.48. The van der Waals surface area contributed by atoms with Gasteiger partial charge in [0.25, 0.3) is 5.91 Å². The predicted octanol–water partition coefficient (Wildman–Crippen LogP) is 3.19. The van der Waals surface area contributed by atoms with Crippen LogP contribution < -0.4 is 9.47 Å². The second-order valence-corrected chi connectivity index (χ2v) is 7.42. The number of rotatable bonds is 5. The fourth-order valence-corrected chi connectivity index (χ4v) is 3.75. The highest BCUT2D eigenvalue weighted by atomic mass is 35.5. The van der Waals surface area contributed by atoms with E-state index in [1.807, 2.05) is 23.1 Å². The van der Waals surface area contributed by atoms with E-state index in [1.54, 1.807) is 32.4 Å². The van der Waals surface area contributed by atoms with Crippen LogP contribution >= 0.6 is 11.6 Å². The first-order valence-electron chi connectivity index (χ1n) is 9.45. The summed E-state index contributed by atoms with van der Waals surface area (Å²) in [6.07, 6.45) is 0. The van der Waals surface area contributed by atoms with E-state index < -0.39 is 0 Å². The van der Waals surface area contributed by atoms with Gasteiger partial charge < -0.3 is 19.4 Å². The Balaban J connectivity index is 1.39. The summed E-state index contributed by atoms with van der Waals surface area (Å²) < 4.78 is 10.6. The van der Waals surface area contributed by atoms with Crippen molar-refractivity contribution in [1.29, 1.82) is 0 Å². The van der Waals surface area contributed by atoms with E-state index in [9.17, 15) is 4.79 Å². The number of carbonyl (C=O) groups is 1. The van der Waals surface area contributed by atoms with Crippen molar-refractivity contribution >= 4 is 28.5 Å². The Morgan fingerprint density at radius 3 is 2.62 bits per heavy atom. The van der Waals surface area contributed by atoms with Crippen LogP contribution in [0.25, 0.3) is 11.0 Å². The highest BCUT2D eigenvalue weighted by Crippen LogP contribution is 2.25. The maximum Gasteiger partial charge on any atom is 0.257 e. The molecule has 2 aromatic carbocycles. The van der Waals surface area contributed by atoms with Gasteiger partial charge in [0.1, 0.15) is 17.3 Å². The molecule has 4 rings (SSSR count). The molecule has 0 radical (unpaired) electrons. The van der Waals surface area contributed by atoms with Gasteiger partial charge in [0.05, 0.1) is 37.4 Å². The van der Waals surface area contributed by atoms with Gasteiger partial charge in [0.15, 0.2) is 0 Å². The van der Waals surface area contributed by atoms with Crippen molar-refractivity contribution in [2.75, 3.05) is 40.4 Å². The first kappa shape index (κ1) is 19.5. The van der Waals surface area contributed by atoms with E-state index in [1.165, 1.54) is 0 Å². The van der Waals surface area contributed by atoms with Crippen LogP contribution in [0.4, 0.5) is 0 Å². The van der Waals surface area contributed by atoms with Crippen molar-refractivity contribution in [2.45, 2.75) is 6.54 Å². The van der Waals surface area contributed by atoms with Crippen LogP contribution in [0.5, 0.6) is 11.5 Å². The summed E-state index contributed by atoms with van der Waals surface area (Å²) in [4.78, 5) is 25.0. The highest BCUT2D eigenvalue weighted by molar-refractivity contribution is 6.31. The molecule has 1 aromatic heterocycles. The minimum Gasteiger partial charge on any atom is -0.497 e. The Morgan fingerprint density at radius 2 is 1.90 bits per heavy atom. The largest absolute Gasteiger partial charge is 0.497 e. The molecule has 1 fully saturated rings. The summed E-state index contributed by atoms with van der Waals surface area (Å²) in [6.45, 7) is 3.54. The molecule has 1 saturated heterocycles. The minimum absolute atomic E-state index is 0.0557. The van der Waals surface area contributed by atoms with E-state index in [0.29, 0.717) is 36.0 Å². The second kappa shape index (κ2) is 8.31. The lowest BCUT2D eigenvalue weighted by molar-refractivity contribution is 0.0622. The summed E-state index contributed by atoms with van der Waals surface area (Å²) in [7, 11) is 3.21. The molecule has 0 unspecified atom stereocenters. The van der Waals surface area contributed by atoms with Gasteiger partial charge in [-0.2, -0.15) is 0 Å². The number of imidazole rings is 1. The zero-order valence-electron chi connectivity index (χ0n) is 16.4. The fourth-order valence-electron chi connectivity index (χ4n) is 3.58. The average molecular weight is 415 g/mol. The Kier molecular flexibility index (Phi) is 5.60. The highest BCUT2D eigenvalue weighted by Gasteiger charge is 2.25. The number of H-pyrrole nitrogens is 1. The van der Waals surface area contributed by atoms with Crippen LogP contribution in [0, 0.1) is 0 Å². The van der Waals surface area contributed by atoms with Crippen molar-refractivity contribution in [3.8, 4) is 11.5 Å². The first-order valence-corrected chi connectivity index (χ1v) is 9.83. The van der Waals surface area contributed by atoms with Gasteiger partial charge in [0, 0.05) is 37.3 Å². The third kappa shape index (κ3) is 4.16. The molecular formula is C21H23ClN4O3. The number of nitrogens with one attached hydrogen (secondary N) is 1. The Bertz CT molecular complexity index is 1030. The lowest BCUT2D eigenvalue weighted by atomic mass is 10.1.